The summed E-state index contributed by atoms with van der Waals surface area (Å²) in [5, 5.41) is 12.1. The van der Waals surface area contributed by atoms with Crippen LogP contribution in [-0.4, -0.2) is 70.3 Å². The zero-order chi connectivity index (χ0) is 28.6. The van der Waals surface area contributed by atoms with Crippen LogP contribution in [0.15, 0.2) is 47.4 Å². The van der Waals surface area contributed by atoms with Crippen LogP contribution in [0.25, 0.3) is 11.1 Å². The molecule has 39 heavy (non-hydrogen) atoms. The van der Waals surface area contributed by atoms with Crippen LogP contribution in [0.1, 0.15) is 55.8 Å². The lowest BCUT2D eigenvalue weighted by atomic mass is 9.65. The Balaban J connectivity index is 1.67. The van der Waals surface area contributed by atoms with Crippen molar-refractivity contribution >= 4 is 11.8 Å². The minimum absolute atomic E-state index is 0.0747. The van der Waals surface area contributed by atoms with Crippen molar-refractivity contribution in [2.45, 2.75) is 63.8 Å². The number of aliphatic hydroxyl groups is 1. The van der Waals surface area contributed by atoms with Gasteiger partial charge >= 0.3 is 6.18 Å². The Morgan fingerprint density at radius 2 is 1.74 bits per heavy atom. The van der Waals surface area contributed by atoms with Gasteiger partial charge in [0.05, 0.1) is 24.1 Å². The van der Waals surface area contributed by atoms with Gasteiger partial charge in [-0.3, -0.25) is 14.4 Å². The molecule has 2 amide bonds. The number of aromatic nitrogens is 1. The maximum Gasteiger partial charge on any atom is 0.389 e. The summed E-state index contributed by atoms with van der Waals surface area (Å²) in [5.74, 6) is -2.06. The highest BCUT2D eigenvalue weighted by molar-refractivity contribution is 6.00. The largest absolute Gasteiger partial charge is 0.389 e. The molecule has 7 nitrogen and oxygen atoms in total. The van der Waals surface area contributed by atoms with Gasteiger partial charge in [-0.25, -0.2) is 0 Å². The van der Waals surface area contributed by atoms with Gasteiger partial charge in [0.25, 0.3) is 11.5 Å². The highest BCUT2D eigenvalue weighted by Gasteiger charge is 2.56. The second-order valence-electron chi connectivity index (χ2n) is 11.4. The Hall–Kier alpha value is -3.14. The lowest BCUT2D eigenvalue weighted by Gasteiger charge is -2.52. The number of alkyl halides is 3. The van der Waals surface area contributed by atoms with Crippen LogP contribution in [0.4, 0.5) is 13.2 Å². The second kappa shape index (κ2) is 10.8. The van der Waals surface area contributed by atoms with E-state index in [0.29, 0.717) is 24.0 Å². The molecule has 4 rings (SSSR count). The molecule has 2 atom stereocenters. The van der Waals surface area contributed by atoms with E-state index in [-0.39, 0.29) is 37.5 Å². The molecule has 2 fully saturated rings. The molecular weight excluding hydrogens is 511 g/mol. The molecule has 212 valence electrons. The maximum atomic E-state index is 13.3. The van der Waals surface area contributed by atoms with Gasteiger partial charge in [-0.15, -0.1) is 0 Å². The fourth-order valence-corrected chi connectivity index (χ4v) is 6.28. The van der Waals surface area contributed by atoms with Gasteiger partial charge < -0.3 is 19.5 Å². The summed E-state index contributed by atoms with van der Waals surface area (Å²) in [6, 6.07) is 10.5. The maximum absolute atomic E-state index is 13.3. The van der Waals surface area contributed by atoms with Crippen molar-refractivity contribution in [3.05, 3.63) is 58.5 Å². The van der Waals surface area contributed by atoms with E-state index < -0.39 is 35.4 Å². The van der Waals surface area contributed by atoms with E-state index in [9.17, 15) is 32.7 Å². The van der Waals surface area contributed by atoms with Crippen LogP contribution in [0.2, 0.25) is 0 Å². The first-order chi connectivity index (χ1) is 18.3. The third kappa shape index (κ3) is 5.90. The molecule has 1 aromatic heterocycles. The Morgan fingerprint density at radius 3 is 2.33 bits per heavy atom. The number of carbonyl (C=O) groups is 2. The summed E-state index contributed by atoms with van der Waals surface area (Å²) < 4.78 is 40.2. The van der Waals surface area contributed by atoms with Crippen LogP contribution in [0, 0.1) is 11.3 Å². The van der Waals surface area contributed by atoms with Crippen LogP contribution < -0.4 is 5.56 Å². The summed E-state index contributed by atoms with van der Waals surface area (Å²) in [6.07, 6.45) is -1.18. The van der Waals surface area contributed by atoms with Gasteiger partial charge in [0, 0.05) is 56.3 Å². The first-order valence-electron chi connectivity index (χ1n) is 13.3. The number of amides is 2. The number of benzene rings is 1. The SMILES string of the molecule is C[C@H](CC(F)(F)F)C(=O)N1CC[C@](O)(Cn2cc(C(=O)N(C)C)c(-c3ccccc3)cc2=O)C2(CCCC2)C1. The van der Waals surface area contributed by atoms with Crippen molar-refractivity contribution in [3.63, 3.8) is 0 Å². The molecule has 1 spiro atoms. The van der Waals surface area contributed by atoms with E-state index in [4.69, 9.17) is 0 Å². The third-order valence-corrected chi connectivity index (χ3v) is 8.39. The zero-order valence-corrected chi connectivity index (χ0v) is 22.6. The number of piperidine rings is 1. The molecule has 0 bridgehead atoms. The normalized spacial score (nSPS) is 21.7. The molecule has 1 saturated heterocycles. The summed E-state index contributed by atoms with van der Waals surface area (Å²) in [4.78, 5) is 42.3. The smallest absolute Gasteiger partial charge is 0.387 e. The molecule has 1 N–H and O–H groups in total. The van der Waals surface area contributed by atoms with Crippen LogP contribution in [0.5, 0.6) is 0 Å². The topological polar surface area (TPSA) is 82.8 Å². The third-order valence-electron chi connectivity index (χ3n) is 8.39. The lowest BCUT2D eigenvalue weighted by Crippen LogP contribution is -2.62. The number of pyridine rings is 1. The van der Waals surface area contributed by atoms with Crippen LogP contribution in [-0.2, 0) is 11.3 Å². The van der Waals surface area contributed by atoms with E-state index in [2.05, 4.69) is 0 Å². The molecule has 2 heterocycles. The second-order valence-corrected chi connectivity index (χ2v) is 11.4. The highest BCUT2D eigenvalue weighted by atomic mass is 19.4. The average Bonchev–Trinajstić information content (AvgIpc) is 3.35. The Bertz CT molecular complexity index is 1270. The van der Waals surface area contributed by atoms with Crippen molar-refractivity contribution in [1.82, 2.24) is 14.4 Å². The quantitative estimate of drug-likeness (QED) is 0.584. The Labute approximate surface area is 226 Å². The molecular formula is C29H36F3N3O4. The summed E-state index contributed by atoms with van der Waals surface area (Å²) >= 11 is 0. The van der Waals surface area contributed by atoms with Gasteiger partial charge in [0.15, 0.2) is 0 Å². The predicted molar refractivity (Wildman–Crippen MR) is 141 cm³/mol. The number of halogens is 3. The molecule has 0 unspecified atom stereocenters. The monoisotopic (exact) mass is 547 g/mol. The number of hydrogen-bond acceptors (Lipinski definition) is 4. The van der Waals surface area contributed by atoms with Crippen molar-refractivity contribution in [1.29, 1.82) is 0 Å². The van der Waals surface area contributed by atoms with Gasteiger partial charge in [0.1, 0.15) is 0 Å². The van der Waals surface area contributed by atoms with Crippen molar-refractivity contribution < 1.29 is 27.9 Å². The number of rotatable bonds is 6. The molecule has 1 saturated carbocycles. The number of hydrogen-bond donors (Lipinski definition) is 1. The molecule has 1 aromatic carbocycles. The molecule has 1 aliphatic heterocycles. The number of likely N-dealkylation sites (tertiary alicyclic amines) is 1. The van der Waals surface area contributed by atoms with Crippen molar-refractivity contribution in [3.8, 4) is 11.1 Å². The summed E-state index contributed by atoms with van der Waals surface area (Å²) in [5.41, 5.74) is -0.951. The predicted octanol–water partition coefficient (Wildman–Crippen LogP) is 4.33. The fraction of sp³-hybridized carbons (Fsp3) is 0.552. The van der Waals surface area contributed by atoms with E-state index >= 15 is 0 Å². The lowest BCUT2D eigenvalue weighted by molar-refractivity contribution is -0.172. The summed E-state index contributed by atoms with van der Waals surface area (Å²) in [6.45, 7) is 1.45. The van der Waals surface area contributed by atoms with Crippen molar-refractivity contribution in [2.24, 2.45) is 11.3 Å². The average molecular weight is 548 g/mol. The van der Waals surface area contributed by atoms with Crippen LogP contribution in [0.3, 0.4) is 0 Å². The first-order valence-corrected chi connectivity index (χ1v) is 13.3. The highest BCUT2D eigenvalue weighted by Crippen LogP contribution is 2.52. The van der Waals surface area contributed by atoms with Gasteiger partial charge in [0.2, 0.25) is 5.91 Å². The number of nitrogens with zero attached hydrogens (tertiary/aromatic N) is 3. The molecule has 0 radical (unpaired) electrons. The van der Waals surface area contributed by atoms with Gasteiger partial charge in [-0.05, 0) is 24.8 Å². The van der Waals surface area contributed by atoms with E-state index in [0.717, 1.165) is 18.4 Å². The zero-order valence-electron chi connectivity index (χ0n) is 22.6. The summed E-state index contributed by atoms with van der Waals surface area (Å²) in [7, 11) is 3.25. The Morgan fingerprint density at radius 1 is 1.10 bits per heavy atom. The van der Waals surface area contributed by atoms with Crippen molar-refractivity contribution in [2.75, 3.05) is 27.2 Å². The van der Waals surface area contributed by atoms with Crippen LogP contribution >= 0.6 is 0 Å². The first kappa shape index (κ1) is 28.9. The Kier molecular flexibility index (Phi) is 7.98. The standard InChI is InChI=1S/C29H36F3N3O4/c1-20(16-29(30,31)32)25(37)34-14-13-28(39,27(18-34)11-7-8-12-27)19-35-17-23(26(38)33(2)3)22(15-24(35)36)21-9-5-4-6-10-21/h4-6,9-10,15,17,20,39H,7-8,11-14,16,18-19H2,1-3H3/t20-,28+/m1/s1. The van der Waals surface area contributed by atoms with E-state index in [1.807, 2.05) is 30.3 Å². The minimum atomic E-state index is -4.44. The minimum Gasteiger partial charge on any atom is -0.387 e. The molecule has 1 aliphatic carbocycles. The van der Waals surface area contributed by atoms with Gasteiger partial charge in [-0.1, -0.05) is 50.1 Å². The molecule has 2 aromatic rings. The van der Waals surface area contributed by atoms with Gasteiger partial charge in [-0.2, -0.15) is 13.2 Å². The molecule has 2 aliphatic rings. The van der Waals surface area contributed by atoms with E-state index in [1.54, 1.807) is 14.1 Å². The number of carbonyl (C=O) groups excluding carboxylic acids is 2. The van der Waals surface area contributed by atoms with E-state index in [1.165, 1.54) is 33.6 Å². The fourth-order valence-electron chi connectivity index (χ4n) is 6.28. The molecule has 10 heteroatoms.